The van der Waals surface area contributed by atoms with Crippen molar-refractivity contribution in [1.82, 2.24) is 14.9 Å². The van der Waals surface area contributed by atoms with Gasteiger partial charge in [-0.2, -0.15) is 0 Å². The molecule has 10 heteroatoms. The van der Waals surface area contributed by atoms with Crippen molar-refractivity contribution in [2.24, 2.45) is 0 Å². The summed E-state index contributed by atoms with van der Waals surface area (Å²) in [4.78, 5) is 26.0. The van der Waals surface area contributed by atoms with Crippen LogP contribution in [0.2, 0.25) is 0 Å². The minimum Gasteiger partial charge on any atom is -0.322 e. The highest BCUT2D eigenvalue weighted by molar-refractivity contribution is 7.89. The number of carbonyl (C=O) groups excluding carboxylic acids is 1. The highest BCUT2D eigenvalue weighted by atomic mass is 32.2. The van der Waals surface area contributed by atoms with E-state index in [-0.39, 0.29) is 22.8 Å². The molecule has 0 bridgehead atoms. The number of sulfonamides is 1. The summed E-state index contributed by atoms with van der Waals surface area (Å²) < 4.78 is 31.2. The van der Waals surface area contributed by atoms with Gasteiger partial charge in [-0.1, -0.05) is 29.4 Å². The second kappa shape index (κ2) is 8.03. The third-order valence-electron chi connectivity index (χ3n) is 3.66. The monoisotopic (exact) mass is 400 g/mol. The van der Waals surface area contributed by atoms with E-state index in [1.165, 1.54) is 30.3 Å². The lowest BCUT2D eigenvalue weighted by Crippen LogP contribution is -2.24. The number of carbonyl (C=O) groups is 1. The number of benzene rings is 2. The minimum atomic E-state index is -3.75. The predicted molar refractivity (Wildman–Crippen MR) is 102 cm³/mol. The molecule has 0 aliphatic heterocycles. The maximum Gasteiger partial charge on any atom is 0.439 e. The molecule has 0 fully saturated rings. The molecule has 2 aromatic carbocycles. The van der Waals surface area contributed by atoms with Crippen LogP contribution in [-0.2, 0) is 10.0 Å². The number of hydrogen-bond donors (Lipinski definition) is 3. The molecule has 0 aliphatic carbocycles. The van der Waals surface area contributed by atoms with E-state index in [0.29, 0.717) is 11.3 Å². The lowest BCUT2D eigenvalue weighted by molar-refractivity contribution is 0.102. The van der Waals surface area contributed by atoms with E-state index in [4.69, 9.17) is 0 Å². The molecule has 144 valence electrons. The van der Waals surface area contributed by atoms with E-state index < -0.39 is 21.7 Å². The van der Waals surface area contributed by atoms with Crippen LogP contribution in [0.5, 0.6) is 0 Å². The van der Waals surface area contributed by atoms with Gasteiger partial charge in [0.05, 0.1) is 4.90 Å². The second-order valence-electron chi connectivity index (χ2n) is 5.65. The van der Waals surface area contributed by atoms with Crippen LogP contribution in [0.25, 0.3) is 11.4 Å². The normalized spacial score (nSPS) is 11.1. The van der Waals surface area contributed by atoms with Crippen molar-refractivity contribution < 1.29 is 17.7 Å². The third kappa shape index (κ3) is 4.42. The Labute approximate surface area is 160 Å². The van der Waals surface area contributed by atoms with Crippen molar-refractivity contribution in [3.8, 4) is 11.4 Å². The quantitative estimate of drug-likeness (QED) is 0.517. The molecule has 1 heterocycles. The van der Waals surface area contributed by atoms with Crippen LogP contribution in [0.1, 0.15) is 10.4 Å². The Morgan fingerprint density at radius 3 is 2.71 bits per heavy atom. The number of nitrogens with one attached hydrogen (secondary N) is 3. The molecule has 0 atom stereocenters. The SMILES string of the molecule is C=CCNS(=O)(=O)c1cccc(C(=O)Nc2cccc(-c3noc(=O)[nH]3)c2)c1. The van der Waals surface area contributed by atoms with E-state index in [9.17, 15) is 18.0 Å². The average molecular weight is 400 g/mol. The first-order chi connectivity index (χ1) is 13.4. The summed E-state index contributed by atoms with van der Waals surface area (Å²) in [7, 11) is -3.75. The van der Waals surface area contributed by atoms with E-state index in [1.807, 2.05) is 0 Å². The van der Waals surface area contributed by atoms with Crippen LogP contribution in [0, 0.1) is 0 Å². The van der Waals surface area contributed by atoms with Crippen molar-refractivity contribution in [3.05, 3.63) is 77.3 Å². The number of hydrogen-bond acceptors (Lipinski definition) is 6. The van der Waals surface area contributed by atoms with E-state index in [0.717, 1.165) is 0 Å². The van der Waals surface area contributed by atoms with Crippen molar-refractivity contribution >= 4 is 21.6 Å². The Bertz CT molecular complexity index is 1180. The Morgan fingerprint density at radius 2 is 2.00 bits per heavy atom. The fraction of sp³-hybridized carbons (Fsp3) is 0.0556. The van der Waals surface area contributed by atoms with Gasteiger partial charge in [0.15, 0.2) is 5.82 Å². The van der Waals surface area contributed by atoms with Gasteiger partial charge in [0, 0.05) is 23.4 Å². The summed E-state index contributed by atoms with van der Waals surface area (Å²) in [6.07, 6.45) is 1.42. The molecule has 28 heavy (non-hydrogen) atoms. The van der Waals surface area contributed by atoms with Crippen molar-refractivity contribution in [2.45, 2.75) is 4.90 Å². The van der Waals surface area contributed by atoms with Gasteiger partial charge in [-0.05, 0) is 30.3 Å². The largest absolute Gasteiger partial charge is 0.439 e. The fourth-order valence-corrected chi connectivity index (χ4v) is 3.40. The first kappa shape index (κ1) is 19.3. The van der Waals surface area contributed by atoms with Gasteiger partial charge in [0.25, 0.3) is 5.91 Å². The standard InChI is InChI=1S/C18H16N4O5S/c1-2-9-19-28(25,26)15-8-4-6-13(11-15)17(23)20-14-7-3-5-12(10-14)16-21-18(24)27-22-16/h2-8,10-11,19H,1,9H2,(H,20,23)(H,21,22,24). The van der Waals surface area contributed by atoms with Crippen LogP contribution in [-0.4, -0.2) is 31.0 Å². The van der Waals surface area contributed by atoms with E-state index in [2.05, 4.69) is 31.3 Å². The molecule has 9 nitrogen and oxygen atoms in total. The molecule has 1 amide bonds. The summed E-state index contributed by atoms with van der Waals surface area (Å²) in [5, 5.41) is 6.27. The molecule has 0 saturated carbocycles. The van der Waals surface area contributed by atoms with E-state index >= 15 is 0 Å². The molecule has 0 aliphatic rings. The van der Waals surface area contributed by atoms with Crippen LogP contribution in [0.3, 0.4) is 0 Å². The zero-order valence-electron chi connectivity index (χ0n) is 14.5. The third-order valence-corrected chi connectivity index (χ3v) is 5.08. The Kier molecular flexibility index (Phi) is 5.52. The molecule has 0 unspecified atom stereocenters. The van der Waals surface area contributed by atoms with Crippen molar-refractivity contribution in [1.29, 1.82) is 0 Å². The van der Waals surface area contributed by atoms with Crippen LogP contribution >= 0.6 is 0 Å². The lowest BCUT2D eigenvalue weighted by Gasteiger charge is -2.09. The second-order valence-corrected chi connectivity index (χ2v) is 7.41. The number of aromatic amines is 1. The topological polar surface area (TPSA) is 134 Å². The summed E-state index contributed by atoms with van der Waals surface area (Å²) >= 11 is 0. The summed E-state index contributed by atoms with van der Waals surface area (Å²) in [6.45, 7) is 3.54. The highest BCUT2D eigenvalue weighted by Gasteiger charge is 2.16. The number of aromatic nitrogens is 2. The Hall–Kier alpha value is -3.50. The predicted octanol–water partition coefficient (Wildman–Crippen LogP) is 1.75. The van der Waals surface area contributed by atoms with Crippen LogP contribution in [0.4, 0.5) is 5.69 Å². The van der Waals surface area contributed by atoms with Gasteiger partial charge < -0.3 is 5.32 Å². The maximum absolute atomic E-state index is 12.5. The first-order valence-corrected chi connectivity index (χ1v) is 9.56. The molecule has 3 rings (SSSR count). The molecule has 3 aromatic rings. The fourth-order valence-electron chi connectivity index (χ4n) is 2.36. The zero-order valence-corrected chi connectivity index (χ0v) is 15.3. The molecule has 1 aromatic heterocycles. The van der Waals surface area contributed by atoms with Crippen molar-refractivity contribution in [3.63, 3.8) is 0 Å². The van der Waals surface area contributed by atoms with Gasteiger partial charge in [-0.3, -0.25) is 14.3 Å². The first-order valence-electron chi connectivity index (χ1n) is 8.07. The summed E-state index contributed by atoms with van der Waals surface area (Å²) in [5.41, 5.74) is 1.14. The maximum atomic E-state index is 12.5. The van der Waals surface area contributed by atoms with Gasteiger partial charge in [0.1, 0.15) is 0 Å². The Morgan fingerprint density at radius 1 is 1.21 bits per heavy atom. The van der Waals surface area contributed by atoms with Gasteiger partial charge in [0.2, 0.25) is 10.0 Å². The highest BCUT2D eigenvalue weighted by Crippen LogP contribution is 2.19. The smallest absolute Gasteiger partial charge is 0.322 e. The number of rotatable bonds is 7. The number of H-pyrrole nitrogens is 1. The Balaban J connectivity index is 1.81. The van der Waals surface area contributed by atoms with Gasteiger partial charge in [-0.25, -0.2) is 17.9 Å². The molecule has 0 spiro atoms. The number of nitrogens with zero attached hydrogens (tertiary/aromatic N) is 1. The molecule has 0 saturated heterocycles. The number of amides is 1. The summed E-state index contributed by atoms with van der Waals surface area (Å²) in [5.74, 6) is -0.957. The molecular formula is C18H16N4O5S. The minimum absolute atomic E-state index is 0.0316. The van der Waals surface area contributed by atoms with Crippen molar-refractivity contribution in [2.75, 3.05) is 11.9 Å². The zero-order chi connectivity index (χ0) is 20.1. The molecular weight excluding hydrogens is 384 g/mol. The van der Waals surface area contributed by atoms with Gasteiger partial charge >= 0.3 is 5.76 Å². The number of anilines is 1. The lowest BCUT2D eigenvalue weighted by atomic mass is 10.1. The van der Waals surface area contributed by atoms with E-state index in [1.54, 1.807) is 24.3 Å². The van der Waals surface area contributed by atoms with Crippen LogP contribution < -0.4 is 15.8 Å². The molecule has 3 N–H and O–H groups in total. The average Bonchev–Trinajstić information content (AvgIpc) is 3.13. The van der Waals surface area contributed by atoms with Crippen LogP contribution in [0.15, 0.2) is 75.4 Å². The van der Waals surface area contributed by atoms with Gasteiger partial charge in [-0.15, -0.1) is 6.58 Å². The summed E-state index contributed by atoms with van der Waals surface area (Å²) in [6, 6.07) is 12.2. The molecule has 0 radical (unpaired) electrons.